The van der Waals surface area contributed by atoms with E-state index in [0.717, 1.165) is 33.8 Å². The lowest BCUT2D eigenvalue weighted by atomic mass is 10.1. The van der Waals surface area contributed by atoms with Gasteiger partial charge >= 0.3 is 0 Å². The lowest BCUT2D eigenvalue weighted by molar-refractivity contribution is 0.297. The van der Waals surface area contributed by atoms with Gasteiger partial charge in [-0.1, -0.05) is 18.3 Å². The smallest absolute Gasteiger partial charge is 0.130 e. The van der Waals surface area contributed by atoms with E-state index in [1.165, 1.54) is 0 Å². The second-order valence-corrected chi connectivity index (χ2v) is 5.30. The third-order valence-corrected chi connectivity index (χ3v) is 3.29. The summed E-state index contributed by atoms with van der Waals surface area (Å²) >= 11 is 5.01. The van der Waals surface area contributed by atoms with Gasteiger partial charge in [0, 0.05) is 11.3 Å². The Morgan fingerprint density at radius 1 is 1.20 bits per heavy atom. The first-order valence-corrected chi connectivity index (χ1v) is 6.84. The first-order valence-electron chi connectivity index (χ1n) is 6.44. The average molecular weight is 286 g/mol. The Bertz CT molecular complexity index is 630. The maximum absolute atomic E-state index is 5.90. The van der Waals surface area contributed by atoms with Crippen molar-refractivity contribution in [3.63, 3.8) is 0 Å². The predicted molar refractivity (Wildman–Crippen MR) is 85.1 cm³/mol. The van der Waals surface area contributed by atoms with Gasteiger partial charge in [0.15, 0.2) is 0 Å². The third-order valence-electron chi connectivity index (χ3n) is 3.06. The summed E-state index contributed by atoms with van der Waals surface area (Å²) in [5, 5.41) is 0. The van der Waals surface area contributed by atoms with Crippen LogP contribution in [-0.2, 0) is 6.61 Å². The van der Waals surface area contributed by atoms with Gasteiger partial charge in [-0.05, 0) is 56.2 Å². The van der Waals surface area contributed by atoms with Crippen LogP contribution in [0.25, 0.3) is 0 Å². The van der Waals surface area contributed by atoms with E-state index in [-0.39, 0.29) is 0 Å². The molecule has 0 amide bonds. The van der Waals surface area contributed by atoms with Gasteiger partial charge in [-0.15, -0.1) is 0 Å². The minimum Gasteiger partial charge on any atom is -0.487 e. The number of hydrogen-bond donors (Lipinski definition) is 1. The van der Waals surface area contributed by atoms with E-state index in [0.29, 0.717) is 11.6 Å². The van der Waals surface area contributed by atoms with Crippen molar-refractivity contribution in [1.29, 1.82) is 0 Å². The molecular weight excluding hydrogens is 268 g/mol. The summed E-state index contributed by atoms with van der Waals surface area (Å²) in [6, 6.07) is 9.82. The Labute approximate surface area is 124 Å². The second-order valence-electron chi connectivity index (χ2n) is 4.86. The number of aryl methyl sites for hydroxylation is 3. The molecule has 1 aromatic carbocycles. The maximum atomic E-state index is 5.90. The van der Waals surface area contributed by atoms with Crippen molar-refractivity contribution >= 4 is 17.2 Å². The molecule has 0 bridgehead atoms. The van der Waals surface area contributed by atoms with Crippen LogP contribution in [0.1, 0.15) is 28.1 Å². The first kappa shape index (κ1) is 14.5. The summed E-state index contributed by atoms with van der Waals surface area (Å²) in [4.78, 5) is 4.83. The molecule has 0 atom stereocenters. The van der Waals surface area contributed by atoms with E-state index in [4.69, 9.17) is 22.7 Å². The molecule has 0 aliphatic carbocycles. The number of hydrogen-bond acceptors (Lipinski definition) is 3. The average Bonchev–Trinajstić information content (AvgIpc) is 2.37. The molecule has 0 fully saturated rings. The normalized spacial score (nSPS) is 10.3. The number of rotatable bonds is 4. The summed E-state index contributed by atoms with van der Waals surface area (Å²) in [5.41, 5.74) is 10.5. The highest BCUT2D eigenvalue weighted by atomic mass is 32.1. The van der Waals surface area contributed by atoms with Crippen LogP contribution in [-0.4, -0.2) is 9.97 Å². The number of aromatic nitrogens is 1. The minimum absolute atomic E-state index is 0.406. The van der Waals surface area contributed by atoms with Gasteiger partial charge in [-0.3, -0.25) is 4.98 Å². The van der Waals surface area contributed by atoms with Crippen LogP contribution in [0, 0.1) is 20.8 Å². The molecule has 0 aliphatic rings. The molecule has 0 unspecified atom stereocenters. The summed E-state index contributed by atoms with van der Waals surface area (Å²) in [6.07, 6.45) is 0. The molecule has 4 heteroatoms. The molecule has 0 aliphatic heterocycles. The minimum atomic E-state index is 0.406. The Balaban J connectivity index is 2.20. The molecule has 20 heavy (non-hydrogen) atoms. The summed E-state index contributed by atoms with van der Waals surface area (Å²) in [7, 11) is 0. The van der Waals surface area contributed by atoms with Gasteiger partial charge in [0.2, 0.25) is 0 Å². The molecule has 0 saturated heterocycles. The molecule has 104 valence electrons. The fraction of sp³-hybridized carbons (Fsp3) is 0.250. The molecule has 3 nitrogen and oxygen atoms in total. The zero-order chi connectivity index (χ0) is 14.7. The number of ether oxygens (including phenoxy) is 1. The first-order chi connectivity index (χ1) is 9.47. The van der Waals surface area contributed by atoms with Crippen molar-refractivity contribution in [2.24, 2.45) is 5.73 Å². The van der Waals surface area contributed by atoms with Crippen molar-refractivity contribution in [1.82, 2.24) is 4.98 Å². The van der Waals surface area contributed by atoms with Gasteiger partial charge in [0.1, 0.15) is 17.3 Å². The molecule has 1 heterocycles. The number of pyridine rings is 1. The fourth-order valence-corrected chi connectivity index (χ4v) is 2.26. The topological polar surface area (TPSA) is 48.1 Å². The maximum Gasteiger partial charge on any atom is 0.130 e. The van der Waals surface area contributed by atoms with Crippen LogP contribution >= 0.6 is 12.2 Å². The SMILES string of the molecule is Cc1cccc(COc2c(C)cc(C(N)=S)cc2C)n1. The second kappa shape index (κ2) is 6.01. The van der Waals surface area contributed by atoms with Crippen LogP contribution in [0.4, 0.5) is 0 Å². The molecule has 0 saturated carbocycles. The quantitative estimate of drug-likeness (QED) is 0.877. The number of benzene rings is 1. The zero-order valence-corrected chi connectivity index (χ0v) is 12.8. The summed E-state index contributed by atoms with van der Waals surface area (Å²) in [5.74, 6) is 0.869. The molecule has 0 spiro atoms. The van der Waals surface area contributed by atoms with Crippen LogP contribution in [0.15, 0.2) is 30.3 Å². The zero-order valence-electron chi connectivity index (χ0n) is 11.9. The van der Waals surface area contributed by atoms with E-state index >= 15 is 0 Å². The van der Waals surface area contributed by atoms with Crippen LogP contribution < -0.4 is 10.5 Å². The van der Waals surface area contributed by atoms with Crippen LogP contribution in [0.2, 0.25) is 0 Å². The lowest BCUT2D eigenvalue weighted by Crippen LogP contribution is -2.10. The number of thiocarbonyl (C=S) groups is 1. The number of nitrogens with zero attached hydrogens (tertiary/aromatic N) is 1. The van der Waals surface area contributed by atoms with Crippen LogP contribution in [0.3, 0.4) is 0 Å². The molecule has 2 aromatic rings. The van der Waals surface area contributed by atoms with Gasteiger partial charge in [-0.25, -0.2) is 0 Å². The molecule has 0 radical (unpaired) electrons. The Morgan fingerprint density at radius 3 is 2.40 bits per heavy atom. The third kappa shape index (κ3) is 3.33. The predicted octanol–water partition coefficient (Wildman–Crippen LogP) is 3.22. The molecule has 2 rings (SSSR count). The van der Waals surface area contributed by atoms with Gasteiger partial charge in [0.25, 0.3) is 0 Å². The van der Waals surface area contributed by atoms with Crippen molar-refractivity contribution in [2.75, 3.05) is 0 Å². The van der Waals surface area contributed by atoms with Crippen molar-refractivity contribution in [3.05, 3.63) is 58.4 Å². The van der Waals surface area contributed by atoms with E-state index in [1.54, 1.807) is 0 Å². The van der Waals surface area contributed by atoms with Crippen LogP contribution in [0.5, 0.6) is 5.75 Å². The van der Waals surface area contributed by atoms with Gasteiger partial charge in [-0.2, -0.15) is 0 Å². The molecular formula is C16H18N2OS. The molecule has 1 aromatic heterocycles. The van der Waals surface area contributed by atoms with Gasteiger partial charge in [0.05, 0.1) is 5.69 Å². The van der Waals surface area contributed by atoms with Crippen molar-refractivity contribution in [3.8, 4) is 5.75 Å². The summed E-state index contributed by atoms with van der Waals surface area (Å²) < 4.78 is 5.90. The Morgan fingerprint density at radius 2 is 1.85 bits per heavy atom. The van der Waals surface area contributed by atoms with Gasteiger partial charge < -0.3 is 10.5 Å². The monoisotopic (exact) mass is 286 g/mol. The highest BCUT2D eigenvalue weighted by molar-refractivity contribution is 7.80. The van der Waals surface area contributed by atoms with E-state index in [1.807, 2.05) is 51.1 Å². The largest absolute Gasteiger partial charge is 0.487 e. The van der Waals surface area contributed by atoms with E-state index < -0.39 is 0 Å². The Hall–Kier alpha value is -1.94. The highest BCUT2D eigenvalue weighted by Gasteiger charge is 2.08. The van der Waals surface area contributed by atoms with Crippen molar-refractivity contribution < 1.29 is 4.74 Å². The summed E-state index contributed by atoms with van der Waals surface area (Å²) in [6.45, 7) is 6.41. The molecule has 2 N–H and O–H groups in total. The van der Waals surface area contributed by atoms with E-state index in [9.17, 15) is 0 Å². The fourth-order valence-electron chi connectivity index (χ4n) is 2.15. The van der Waals surface area contributed by atoms with E-state index in [2.05, 4.69) is 4.98 Å². The highest BCUT2D eigenvalue weighted by Crippen LogP contribution is 2.25. The lowest BCUT2D eigenvalue weighted by Gasteiger charge is -2.13. The Kier molecular flexibility index (Phi) is 4.35. The standard InChI is InChI=1S/C16H18N2OS/c1-10-7-13(16(17)20)8-11(2)15(10)19-9-14-6-4-5-12(3)18-14/h4-8H,9H2,1-3H3,(H2,17,20). The number of nitrogens with two attached hydrogens (primary N) is 1. The van der Waals surface area contributed by atoms with Crippen molar-refractivity contribution in [2.45, 2.75) is 27.4 Å².